The van der Waals surface area contributed by atoms with Crippen LogP contribution in [0.15, 0.2) is 18.5 Å². The normalized spacial score (nSPS) is 38.0. The van der Waals surface area contributed by atoms with E-state index in [1.165, 1.54) is 32.1 Å². The second-order valence-electron chi connectivity index (χ2n) is 6.84. The summed E-state index contributed by atoms with van der Waals surface area (Å²) in [6.07, 6.45) is 9.72. The molecular formula is C16H19ClN2O. The summed E-state index contributed by atoms with van der Waals surface area (Å²) in [5.41, 5.74) is 0.719. The number of aromatic nitrogens is 1. The number of anilines is 1. The molecule has 4 heteroatoms. The zero-order chi connectivity index (χ0) is 13.7. The maximum Gasteiger partial charge on any atom is 0.228 e. The monoisotopic (exact) mass is 290 g/mol. The number of halogens is 1. The van der Waals surface area contributed by atoms with E-state index in [9.17, 15) is 4.79 Å². The van der Waals surface area contributed by atoms with Gasteiger partial charge in [0.15, 0.2) is 0 Å². The van der Waals surface area contributed by atoms with Gasteiger partial charge in [-0.1, -0.05) is 11.6 Å². The van der Waals surface area contributed by atoms with Gasteiger partial charge in [-0.3, -0.25) is 9.78 Å². The lowest BCUT2D eigenvalue weighted by molar-refractivity contribution is -0.132. The van der Waals surface area contributed by atoms with Crippen LogP contribution in [0, 0.1) is 29.6 Å². The van der Waals surface area contributed by atoms with Crippen molar-refractivity contribution < 1.29 is 4.79 Å². The molecule has 5 rings (SSSR count). The minimum absolute atomic E-state index is 0.183. The molecule has 106 valence electrons. The Kier molecular flexibility index (Phi) is 2.99. The molecule has 1 aromatic heterocycles. The first-order valence-corrected chi connectivity index (χ1v) is 7.98. The zero-order valence-electron chi connectivity index (χ0n) is 11.4. The number of carbonyl (C=O) groups excluding carboxylic acids is 1. The van der Waals surface area contributed by atoms with Crippen LogP contribution in [0.3, 0.4) is 0 Å². The van der Waals surface area contributed by atoms with Crippen molar-refractivity contribution in [3.8, 4) is 0 Å². The van der Waals surface area contributed by atoms with E-state index in [1.807, 2.05) is 0 Å². The molecule has 4 aliphatic rings. The molecule has 4 saturated carbocycles. The fourth-order valence-corrected chi connectivity index (χ4v) is 5.23. The Morgan fingerprint density at radius 2 is 1.75 bits per heavy atom. The first-order valence-electron chi connectivity index (χ1n) is 7.60. The SMILES string of the molecule is O=C(Nc1cncc(Cl)c1)C1C2CC3CC(C2)CC1C3. The van der Waals surface area contributed by atoms with Crippen LogP contribution in [-0.4, -0.2) is 10.9 Å². The van der Waals surface area contributed by atoms with Crippen molar-refractivity contribution in [2.24, 2.45) is 29.6 Å². The maximum atomic E-state index is 12.6. The summed E-state index contributed by atoms with van der Waals surface area (Å²) in [5.74, 6) is 3.41. The van der Waals surface area contributed by atoms with Crippen LogP contribution in [0.25, 0.3) is 0 Å². The van der Waals surface area contributed by atoms with Gasteiger partial charge in [-0.15, -0.1) is 0 Å². The summed E-state index contributed by atoms with van der Waals surface area (Å²) >= 11 is 5.92. The van der Waals surface area contributed by atoms with Crippen molar-refractivity contribution in [1.82, 2.24) is 4.98 Å². The van der Waals surface area contributed by atoms with Crippen LogP contribution in [0.5, 0.6) is 0 Å². The average molecular weight is 291 g/mol. The third kappa shape index (κ3) is 2.12. The molecule has 1 aromatic rings. The largest absolute Gasteiger partial charge is 0.324 e. The van der Waals surface area contributed by atoms with Crippen LogP contribution in [0.4, 0.5) is 5.69 Å². The standard InChI is InChI=1S/C16H19ClN2O/c17-13-6-14(8-18-7-13)19-16(20)15-11-2-9-1-10(4-11)5-12(15)3-9/h6-12,15H,1-5H2,(H,19,20). The molecule has 20 heavy (non-hydrogen) atoms. The molecule has 4 bridgehead atoms. The highest BCUT2D eigenvalue weighted by molar-refractivity contribution is 6.30. The van der Waals surface area contributed by atoms with Gasteiger partial charge in [0, 0.05) is 12.1 Å². The molecule has 0 aromatic carbocycles. The van der Waals surface area contributed by atoms with Crippen LogP contribution in [0.2, 0.25) is 5.02 Å². The predicted octanol–water partition coefficient (Wildman–Crippen LogP) is 3.75. The fraction of sp³-hybridized carbons (Fsp3) is 0.625. The number of hydrogen-bond donors (Lipinski definition) is 1. The molecule has 0 spiro atoms. The number of amides is 1. The van der Waals surface area contributed by atoms with Gasteiger partial charge in [-0.25, -0.2) is 0 Å². The highest BCUT2D eigenvalue weighted by atomic mass is 35.5. The van der Waals surface area contributed by atoms with Gasteiger partial charge in [0.25, 0.3) is 0 Å². The molecule has 0 radical (unpaired) electrons. The number of nitrogens with zero attached hydrogens (tertiary/aromatic N) is 1. The van der Waals surface area contributed by atoms with Crippen LogP contribution in [-0.2, 0) is 4.79 Å². The minimum atomic E-state index is 0.183. The number of hydrogen-bond acceptors (Lipinski definition) is 2. The maximum absolute atomic E-state index is 12.6. The Balaban J connectivity index is 1.51. The summed E-state index contributed by atoms with van der Waals surface area (Å²) in [5, 5.41) is 3.59. The van der Waals surface area contributed by atoms with Crippen LogP contribution < -0.4 is 5.32 Å². The van der Waals surface area contributed by atoms with Crippen molar-refractivity contribution in [1.29, 1.82) is 0 Å². The highest BCUT2D eigenvalue weighted by Gasteiger charge is 2.50. The van der Waals surface area contributed by atoms with E-state index in [0.29, 0.717) is 16.9 Å². The van der Waals surface area contributed by atoms with E-state index in [-0.39, 0.29) is 11.8 Å². The van der Waals surface area contributed by atoms with Gasteiger partial charge < -0.3 is 5.32 Å². The third-order valence-electron chi connectivity index (χ3n) is 5.50. The summed E-state index contributed by atoms with van der Waals surface area (Å²) in [4.78, 5) is 16.7. The van der Waals surface area contributed by atoms with Gasteiger partial charge in [0.1, 0.15) is 0 Å². The van der Waals surface area contributed by atoms with E-state index in [0.717, 1.165) is 17.5 Å². The quantitative estimate of drug-likeness (QED) is 0.901. The molecule has 0 saturated heterocycles. The van der Waals surface area contributed by atoms with E-state index in [2.05, 4.69) is 10.3 Å². The third-order valence-corrected chi connectivity index (χ3v) is 5.71. The summed E-state index contributed by atoms with van der Waals surface area (Å²) in [7, 11) is 0. The first kappa shape index (κ1) is 12.6. The van der Waals surface area contributed by atoms with Gasteiger partial charge in [-0.05, 0) is 61.8 Å². The Morgan fingerprint density at radius 1 is 1.10 bits per heavy atom. The van der Waals surface area contributed by atoms with E-state index < -0.39 is 0 Å². The zero-order valence-corrected chi connectivity index (χ0v) is 12.1. The highest BCUT2D eigenvalue weighted by Crippen LogP contribution is 2.56. The average Bonchev–Trinajstić information content (AvgIpc) is 2.37. The molecule has 4 aliphatic carbocycles. The molecule has 0 unspecified atom stereocenters. The molecule has 0 atom stereocenters. The second-order valence-corrected chi connectivity index (χ2v) is 7.27. The molecule has 4 fully saturated rings. The minimum Gasteiger partial charge on any atom is -0.324 e. The fourth-order valence-electron chi connectivity index (χ4n) is 5.06. The van der Waals surface area contributed by atoms with E-state index >= 15 is 0 Å². The van der Waals surface area contributed by atoms with Crippen molar-refractivity contribution in [3.63, 3.8) is 0 Å². The van der Waals surface area contributed by atoms with Crippen molar-refractivity contribution in [2.45, 2.75) is 32.1 Å². The molecule has 1 N–H and O–H groups in total. The van der Waals surface area contributed by atoms with Crippen LogP contribution in [0.1, 0.15) is 32.1 Å². The smallest absolute Gasteiger partial charge is 0.228 e. The number of nitrogens with one attached hydrogen (secondary N) is 1. The van der Waals surface area contributed by atoms with Crippen LogP contribution >= 0.6 is 11.6 Å². The lowest BCUT2D eigenvalue weighted by atomic mass is 9.51. The molecule has 0 aliphatic heterocycles. The second kappa shape index (κ2) is 4.73. The predicted molar refractivity (Wildman–Crippen MR) is 78.4 cm³/mol. The Labute approximate surface area is 124 Å². The Morgan fingerprint density at radius 3 is 2.35 bits per heavy atom. The number of carbonyl (C=O) groups is 1. The first-order chi connectivity index (χ1) is 9.69. The van der Waals surface area contributed by atoms with Gasteiger partial charge in [0.2, 0.25) is 5.91 Å². The van der Waals surface area contributed by atoms with Crippen molar-refractivity contribution in [2.75, 3.05) is 5.32 Å². The molecular weight excluding hydrogens is 272 g/mol. The topological polar surface area (TPSA) is 42.0 Å². The number of pyridine rings is 1. The summed E-state index contributed by atoms with van der Waals surface area (Å²) in [6, 6.07) is 1.77. The summed E-state index contributed by atoms with van der Waals surface area (Å²) in [6.45, 7) is 0. The van der Waals surface area contributed by atoms with Gasteiger partial charge >= 0.3 is 0 Å². The van der Waals surface area contributed by atoms with E-state index in [4.69, 9.17) is 11.6 Å². The Hall–Kier alpha value is -1.09. The summed E-state index contributed by atoms with van der Waals surface area (Å²) < 4.78 is 0. The molecule has 1 heterocycles. The molecule has 3 nitrogen and oxygen atoms in total. The number of rotatable bonds is 2. The molecule has 1 amide bonds. The lowest BCUT2D eigenvalue weighted by Gasteiger charge is -2.53. The van der Waals surface area contributed by atoms with Gasteiger partial charge in [0.05, 0.1) is 16.9 Å². The van der Waals surface area contributed by atoms with Crippen molar-refractivity contribution >= 4 is 23.2 Å². The lowest BCUT2D eigenvalue weighted by Crippen LogP contribution is -2.49. The van der Waals surface area contributed by atoms with E-state index in [1.54, 1.807) is 18.5 Å². The van der Waals surface area contributed by atoms with Crippen molar-refractivity contribution in [3.05, 3.63) is 23.5 Å². The van der Waals surface area contributed by atoms with Gasteiger partial charge in [-0.2, -0.15) is 0 Å². The Bertz CT molecular complexity index is 517.